The fourth-order valence-corrected chi connectivity index (χ4v) is 1.49. The molecule has 2 nitrogen and oxygen atoms in total. The summed E-state index contributed by atoms with van der Waals surface area (Å²) in [5.41, 5.74) is 1.33. The molecule has 0 N–H and O–H groups in total. The zero-order valence-electron chi connectivity index (χ0n) is 7.18. The zero-order chi connectivity index (χ0) is 8.97. The van der Waals surface area contributed by atoms with E-state index in [0.717, 1.165) is 19.3 Å². The fourth-order valence-electron chi connectivity index (χ4n) is 1.36. The Labute approximate surface area is 81.1 Å². The first-order valence-corrected chi connectivity index (χ1v) is 5.27. The molecule has 0 saturated heterocycles. The third kappa shape index (κ3) is 2.97. The van der Waals surface area contributed by atoms with E-state index in [2.05, 4.69) is 22.9 Å². The highest BCUT2D eigenvalue weighted by Gasteiger charge is 2.14. The molecule has 0 aliphatic heterocycles. The summed E-state index contributed by atoms with van der Waals surface area (Å²) in [6, 6.07) is 0. The maximum atomic E-state index is 10.9. The maximum absolute atomic E-state index is 10.9. The van der Waals surface area contributed by atoms with Gasteiger partial charge in [-0.3, -0.25) is 4.79 Å². The first kappa shape index (κ1) is 9.78. The van der Waals surface area contributed by atoms with Gasteiger partial charge >= 0.3 is 5.97 Å². The van der Waals surface area contributed by atoms with E-state index in [1.54, 1.807) is 0 Å². The van der Waals surface area contributed by atoms with Crippen LogP contribution >= 0.6 is 15.9 Å². The molecular formula is C9H13BrO2. The van der Waals surface area contributed by atoms with Crippen molar-refractivity contribution in [3.05, 3.63) is 11.6 Å². The van der Waals surface area contributed by atoms with Crippen molar-refractivity contribution in [2.75, 3.05) is 5.33 Å². The summed E-state index contributed by atoms with van der Waals surface area (Å²) in [7, 11) is 0. The summed E-state index contributed by atoms with van der Waals surface area (Å²) in [6.45, 7) is 2.08. The summed E-state index contributed by atoms with van der Waals surface area (Å²) in [6.07, 6.45) is 5.30. The summed E-state index contributed by atoms with van der Waals surface area (Å²) >= 11 is 3.06. The van der Waals surface area contributed by atoms with Crippen LogP contribution in [0.15, 0.2) is 11.6 Å². The predicted octanol–water partition coefficient (Wildman–Crippen LogP) is 2.42. The van der Waals surface area contributed by atoms with Gasteiger partial charge in [0.1, 0.15) is 11.4 Å². The van der Waals surface area contributed by atoms with Gasteiger partial charge in [0.2, 0.25) is 0 Å². The largest absolute Gasteiger partial charge is 0.457 e. The van der Waals surface area contributed by atoms with Gasteiger partial charge < -0.3 is 4.74 Å². The van der Waals surface area contributed by atoms with Gasteiger partial charge in [-0.2, -0.15) is 0 Å². The van der Waals surface area contributed by atoms with Crippen LogP contribution in [0.2, 0.25) is 0 Å². The topological polar surface area (TPSA) is 26.3 Å². The van der Waals surface area contributed by atoms with Crippen molar-refractivity contribution >= 4 is 21.9 Å². The molecule has 0 radical (unpaired) electrons. The van der Waals surface area contributed by atoms with Crippen LogP contribution in [0.4, 0.5) is 0 Å². The summed E-state index contributed by atoms with van der Waals surface area (Å²) < 4.78 is 5.15. The number of rotatable bonds is 2. The minimum absolute atomic E-state index is 0.0174. The van der Waals surface area contributed by atoms with Crippen molar-refractivity contribution in [3.63, 3.8) is 0 Å². The lowest BCUT2D eigenvalue weighted by Crippen LogP contribution is -2.19. The number of alkyl halides is 1. The molecule has 0 heterocycles. The lowest BCUT2D eigenvalue weighted by atomic mass is 9.99. The summed E-state index contributed by atoms with van der Waals surface area (Å²) in [5, 5.41) is 0.288. The van der Waals surface area contributed by atoms with Crippen LogP contribution in [-0.4, -0.2) is 17.4 Å². The molecule has 0 aromatic carbocycles. The second-order valence-corrected chi connectivity index (χ2v) is 3.63. The normalized spacial score (nSPS) is 23.2. The quantitative estimate of drug-likeness (QED) is 0.416. The summed E-state index contributed by atoms with van der Waals surface area (Å²) in [5.74, 6) is -0.175. The number of hydrogen-bond donors (Lipinski definition) is 0. The third-order valence-electron chi connectivity index (χ3n) is 1.92. The molecule has 1 aliphatic rings. The zero-order valence-corrected chi connectivity index (χ0v) is 8.76. The lowest BCUT2D eigenvalue weighted by Gasteiger charge is -2.19. The number of allylic oxidation sites excluding steroid dienone is 1. The average Bonchev–Trinajstić information content (AvgIpc) is 2.04. The van der Waals surface area contributed by atoms with Crippen LogP contribution in [0.5, 0.6) is 0 Å². The van der Waals surface area contributed by atoms with Crippen molar-refractivity contribution in [3.8, 4) is 0 Å². The molecule has 68 valence electrons. The third-order valence-corrected chi connectivity index (χ3v) is 2.38. The van der Waals surface area contributed by atoms with Crippen molar-refractivity contribution in [1.29, 1.82) is 0 Å². The number of esters is 1. The van der Waals surface area contributed by atoms with E-state index in [1.165, 1.54) is 5.57 Å². The van der Waals surface area contributed by atoms with E-state index < -0.39 is 0 Å². The van der Waals surface area contributed by atoms with Crippen molar-refractivity contribution in [1.82, 2.24) is 0 Å². The number of hydrogen-bond acceptors (Lipinski definition) is 2. The standard InChI is InChI=1S/C9H13BrO2/c1-7-3-2-4-8(5-7)12-9(11)6-10/h5,8H,2-4,6H2,1H3. The molecule has 3 heteroatoms. The number of carbonyl (C=O) groups excluding carboxylic acids is 1. The maximum Gasteiger partial charge on any atom is 0.317 e. The molecule has 0 aromatic rings. The first-order valence-electron chi connectivity index (χ1n) is 4.15. The van der Waals surface area contributed by atoms with Crippen molar-refractivity contribution < 1.29 is 9.53 Å². The molecule has 1 aliphatic carbocycles. The van der Waals surface area contributed by atoms with E-state index in [9.17, 15) is 4.79 Å². The molecule has 0 amide bonds. The summed E-state index contributed by atoms with van der Waals surface area (Å²) in [4.78, 5) is 10.9. The number of ether oxygens (including phenoxy) is 1. The first-order chi connectivity index (χ1) is 5.72. The van der Waals surface area contributed by atoms with Gasteiger partial charge in [0, 0.05) is 0 Å². The van der Waals surface area contributed by atoms with Crippen LogP contribution in [0, 0.1) is 0 Å². The number of carbonyl (C=O) groups is 1. The van der Waals surface area contributed by atoms with Gasteiger partial charge in [0.25, 0.3) is 0 Å². The Balaban J connectivity index is 2.42. The highest BCUT2D eigenvalue weighted by molar-refractivity contribution is 9.09. The molecule has 12 heavy (non-hydrogen) atoms. The molecule has 1 atom stereocenters. The molecular weight excluding hydrogens is 220 g/mol. The molecule has 0 bridgehead atoms. The Hall–Kier alpha value is -0.310. The predicted molar refractivity (Wildman–Crippen MR) is 51.3 cm³/mol. The Morgan fingerprint density at radius 1 is 1.83 bits per heavy atom. The van der Waals surface area contributed by atoms with Gasteiger partial charge in [0.15, 0.2) is 0 Å². The van der Waals surface area contributed by atoms with Crippen LogP contribution in [-0.2, 0) is 9.53 Å². The Kier molecular flexibility index (Phi) is 3.79. The molecule has 0 aromatic heterocycles. The van der Waals surface area contributed by atoms with Crippen LogP contribution < -0.4 is 0 Å². The van der Waals surface area contributed by atoms with E-state index in [4.69, 9.17) is 4.74 Å². The van der Waals surface area contributed by atoms with Gasteiger partial charge in [-0.15, -0.1) is 0 Å². The fraction of sp³-hybridized carbons (Fsp3) is 0.667. The number of halogens is 1. The Bertz CT molecular complexity index is 199. The van der Waals surface area contributed by atoms with Crippen LogP contribution in [0.1, 0.15) is 26.2 Å². The average molecular weight is 233 g/mol. The lowest BCUT2D eigenvalue weighted by molar-refractivity contribution is -0.143. The van der Waals surface area contributed by atoms with E-state index >= 15 is 0 Å². The molecule has 0 saturated carbocycles. The highest BCUT2D eigenvalue weighted by atomic mass is 79.9. The minimum Gasteiger partial charge on any atom is -0.457 e. The van der Waals surface area contributed by atoms with E-state index in [-0.39, 0.29) is 17.4 Å². The molecule has 1 unspecified atom stereocenters. The Morgan fingerprint density at radius 2 is 2.58 bits per heavy atom. The highest BCUT2D eigenvalue weighted by Crippen LogP contribution is 2.19. The smallest absolute Gasteiger partial charge is 0.317 e. The van der Waals surface area contributed by atoms with Crippen LogP contribution in [0.3, 0.4) is 0 Å². The van der Waals surface area contributed by atoms with Gasteiger partial charge in [-0.25, -0.2) is 0 Å². The van der Waals surface area contributed by atoms with Gasteiger partial charge in [0.05, 0.1) is 0 Å². The SMILES string of the molecule is CC1=CC(OC(=O)CBr)CCC1. The second kappa shape index (κ2) is 4.65. The van der Waals surface area contributed by atoms with Crippen molar-refractivity contribution in [2.24, 2.45) is 0 Å². The van der Waals surface area contributed by atoms with Crippen LogP contribution in [0.25, 0.3) is 0 Å². The van der Waals surface area contributed by atoms with Gasteiger partial charge in [-0.05, 0) is 32.3 Å². The van der Waals surface area contributed by atoms with E-state index in [0.29, 0.717) is 0 Å². The molecule has 0 spiro atoms. The second-order valence-electron chi connectivity index (χ2n) is 3.07. The minimum atomic E-state index is -0.175. The van der Waals surface area contributed by atoms with Crippen molar-refractivity contribution in [2.45, 2.75) is 32.3 Å². The van der Waals surface area contributed by atoms with Gasteiger partial charge in [-0.1, -0.05) is 21.5 Å². The molecule has 0 fully saturated rings. The van der Waals surface area contributed by atoms with E-state index in [1.807, 2.05) is 6.08 Å². The molecule has 1 rings (SSSR count). The monoisotopic (exact) mass is 232 g/mol. The Morgan fingerprint density at radius 3 is 3.17 bits per heavy atom.